The lowest BCUT2D eigenvalue weighted by molar-refractivity contribution is 0.0954. The predicted molar refractivity (Wildman–Crippen MR) is 62.3 cm³/mol. The van der Waals surface area contributed by atoms with E-state index in [1.54, 1.807) is 0 Å². The van der Waals surface area contributed by atoms with E-state index in [-0.39, 0.29) is 12.5 Å². The molecule has 0 spiro atoms. The molecular weight excluding hydrogens is 204 g/mol. The molecule has 0 aliphatic heterocycles. The second kappa shape index (κ2) is 5.78. The molecule has 0 aliphatic rings. The molecule has 0 bridgehead atoms. The third-order valence-corrected chi connectivity index (χ3v) is 2.04. The maximum Gasteiger partial charge on any atom is 0.251 e. The first-order valence-electron chi connectivity index (χ1n) is 5.01. The minimum Gasteiger partial charge on any atom is -0.352 e. The number of hydrogen-bond donors (Lipinski definition) is 1. The number of azide groups is 1. The highest BCUT2D eigenvalue weighted by atomic mass is 16.1. The first kappa shape index (κ1) is 12.1. The van der Waals surface area contributed by atoms with Crippen LogP contribution in [0.2, 0.25) is 0 Å². The Labute approximate surface area is 94.1 Å². The number of nitrogens with zero attached hydrogens (tertiary/aromatic N) is 3. The molecule has 16 heavy (non-hydrogen) atoms. The lowest BCUT2D eigenvalue weighted by Crippen LogP contribution is -2.26. The molecule has 0 fully saturated rings. The monoisotopic (exact) mass is 218 g/mol. The molecule has 0 radical (unpaired) electrons. The Bertz CT molecular complexity index is 415. The van der Waals surface area contributed by atoms with Crippen molar-refractivity contribution in [3.05, 3.63) is 45.3 Å². The second-order valence-corrected chi connectivity index (χ2v) is 3.59. The van der Waals surface area contributed by atoms with Crippen molar-refractivity contribution >= 4 is 5.91 Å². The van der Waals surface area contributed by atoms with E-state index in [1.807, 2.05) is 32.0 Å². The van der Waals surface area contributed by atoms with Gasteiger partial charge in [-0.1, -0.05) is 22.3 Å². The van der Waals surface area contributed by atoms with Crippen molar-refractivity contribution in [3.63, 3.8) is 0 Å². The van der Waals surface area contributed by atoms with Crippen LogP contribution in [0.4, 0.5) is 0 Å². The molecule has 0 unspecified atom stereocenters. The molecule has 1 N–H and O–H groups in total. The van der Waals surface area contributed by atoms with E-state index in [1.165, 1.54) is 0 Å². The number of benzene rings is 1. The molecule has 0 aliphatic carbocycles. The second-order valence-electron chi connectivity index (χ2n) is 3.59. The summed E-state index contributed by atoms with van der Waals surface area (Å²) in [6, 6.07) is 5.67. The average Bonchev–Trinajstić information content (AvgIpc) is 2.22. The van der Waals surface area contributed by atoms with Crippen molar-refractivity contribution < 1.29 is 4.79 Å². The summed E-state index contributed by atoms with van der Waals surface area (Å²) in [6.07, 6.45) is 0. The summed E-state index contributed by atoms with van der Waals surface area (Å²) < 4.78 is 0. The zero-order valence-electron chi connectivity index (χ0n) is 9.40. The summed E-state index contributed by atoms with van der Waals surface area (Å²) in [6.45, 7) is 4.52. The number of carbonyl (C=O) groups is 1. The SMILES string of the molecule is Cc1cc(C)cc(C(=O)NCCN=[N+]=[N-])c1. The van der Waals surface area contributed by atoms with E-state index in [9.17, 15) is 4.79 Å². The van der Waals surface area contributed by atoms with Gasteiger partial charge in [0.05, 0.1) is 0 Å². The highest BCUT2D eigenvalue weighted by molar-refractivity contribution is 5.94. The number of hydrogen-bond acceptors (Lipinski definition) is 2. The Hall–Kier alpha value is -2.00. The van der Waals surface area contributed by atoms with Gasteiger partial charge in [0.2, 0.25) is 0 Å². The Morgan fingerprint density at radius 3 is 2.56 bits per heavy atom. The van der Waals surface area contributed by atoms with Crippen molar-refractivity contribution in [2.24, 2.45) is 5.11 Å². The van der Waals surface area contributed by atoms with Gasteiger partial charge in [-0.25, -0.2) is 0 Å². The minimum absolute atomic E-state index is 0.139. The Morgan fingerprint density at radius 1 is 1.38 bits per heavy atom. The van der Waals surface area contributed by atoms with Gasteiger partial charge in [0.15, 0.2) is 0 Å². The topological polar surface area (TPSA) is 77.9 Å². The molecule has 5 heteroatoms. The van der Waals surface area contributed by atoms with E-state index in [2.05, 4.69) is 15.3 Å². The zero-order valence-corrected chi connectivity index (χ0v) is 9.40. The smallest absolute Gasteiger partial charge is 0.251 e. The summed E-state index contributed by atoms with van der Waals surface area (Å²) in [4.78, 5) is 14.3. The van der Waals surface area contributed by atoms with Crippen molar-refractivity contribution in [2.45, 2.75) is 13.8 Å². The van der Waals surface area contributed by atoms with Gasteiger partial charge in [0, 0.05) is 23.6 Å². The molecule has 84 valence electrons. The number of aryl methyl sites for hydroxylation is 2. The third-order valence-electron chi connectivity index (χ3n) is 2.04. The van der Waals surface area contributed by atoms with Crippen LogP contribution in [0.5, 0.6) is 0 Å². The van der Waals surface area contributed by atoms with E-state index in [4.69, 9.17) is 5.53 Å². The van der Waals surface area contributed by atoms with Gasteiger partial charge >= 0.3 is 0 Å². The Morgan fingerprint density at radius 2 is 2.00 bits per heavy atom. The molecule has 0 atom stereocenters. The van der Waals surface area contributed by atoms with Gasteiger partial charge in [-0.3, -0.25) is 4.79 Å². The standard InChI is InChI=1S/C11H14N4O/c1-8-5-9(2)7-10(6-8)11(16)13-3-4-14-15-12/h5-7H,3-4H2,1-2H3,(H,13,16). The van der Waals surface area contributed by atoms with Crippen LogP contribution in [-0.2, 0) is 0 Å². The maximum absolute atomic E-state index is 11.7. The first-order chi connectivity index (χ1) is 7.63. The van der Waals surface area contributed by atoms with E-state index >= 15 is 0 Å². The molecule has 1 aromatic rings. The normalized spacial score (nSPS) is 9.38. The maximum atomic E-state index is 11.7. The van der Waals surface area contributed by atoms with Crippen LogP contribution < -0.4 is 5.32 Å². The van der Waals surface area contributed by atoms with Crippen molar-refractivity contribution in [3.8, 4) is 0 Å². The molecule has 1 amide bonds. The zero-order chi connectivity index (χ0) is 12.0. The summed E-state index contributed by atoms with van der Waals surface area (Å²) in [7, 11) is 0. The van der Waals surface area contributed by atoms with E-state index in [0.717, 1.165) is 11.1 Å². The largest absolute Gasteiger partial charge is 0.352 e. The van der Waals surface area contributed by atoms with E-state index < -0.39 is 0 Å². The Balaban J connectivity index is 2.62. The van der Waals surface area contributed by atoms with Gasteiger partial charge in [0.25, 0.3) is 5.91 Å². The highest BCUT2D eigenvalue weighted by Crippen LogP contribution is 2.08. The van der Waals surface area contributed by atoms with Gasteiger partial charge in [-0.15, -0.1) is 0 Å². The van der Waals surface area contributed by atoms with Crippen molar-refractivity contribution in [2.75, 3.05) is 13.1 Å². The minimum atomic E-state index is -0.139. The van der Waals surface area contributed by atoms with Crippen LogP contribution >= 0.6 is 0 Å². The molecule has 0 aromatic heterocycles. The summed E-state index contributed by atoms with van der Waals surface area (Å²) >= 11 is 0. The van der Waals surface area contributed by atoms with Crippen molar-refractivity contribution in [1.82, 2.24) is 5.32 Å². The Kier molecular flexibility index (Phi) is 4.36. The van der Waals surface area contributed by atoms with Gasteiger partial charge in [-0.2, -0.15) is 0 Å². The summed E-state index contributed by atoms with van der Waals surface area (Å²) in [5.74, 6) is -0.139. The van der Waals surface area contributed by atoms with Crippen LogP contribution in [0, 0.1) is 13.8 Å². The quantitative estimate of drug-likeness (QED) is 0.358. The van der Waals surface area contributed by atoms with Crippen LogP contribution in [0.3, 0.4) is 0 Å². The third kappa shape index (κ3) is 3.63. The number of carbonyl (C=O) groups excluding carboxylic acids is 1. The molecular formula is C11H14N4O. The number of rotatable bonds is 4. The molecule has 1 rings (SSSR count). The molecule has 1 aromatic carbocycles. The molecule has 5 nitrogen and oxygen atoms in total. The van der Waals surface area contributed by atoms with Gasteiger partial charge < -0.3 is 5.32 Å². The molecule has 0 saturated carbocycles. The van der Waals surface area contributed by atoms with Crippen LogP contribution in [-0.4, -0.2) is 19.0 Å². The fourth-order valence-corrected chi connectivity index (χ4v) is 1.47. The van der Waals surface area contributed by atoms with Crippen LogP contribution in [0.25, 0.3) is 10.4 Å². The average molecular weight is 218 g/mol. The predicted octanol–water partition coefficient (Wildman–Crippen LogP) is 2.34. The first-order valence-corrected chi connectivity index (χ1v) is 5.01. The van der Waals surface area contributed by atoms with Crippen molar-refractivity contribution in [1.29, 1.82) is 0 Å². The fourth-order valence-electron chi connectivity index (χ4n) is 1.47. The van der Waals surface area contributed by atoms with Crippen LogP contribution in [0.15, 0.2) is 23.3 Å². The number of amides is 1. The summed E-state index contributed by atoms with van der Waals surface area (Å²) in [5.41, 5.74) is 10.8. The van der Waals surface area contributed by atoms with Gasteiger partial charge in [-0.05, 0) is 31.5 Å². The molecule has 0 saturated heterocycles. The number of nitrogens with one attached hydrogen (secondary N) is 1. The lowest BCUT2D eigenvalue weighted by atomic mass is 10.1. The lowest BCUT2D eigenvalue weighted by Gasteiger charge is -2.05. The highest BCUT2D eigenvalue weighted by Gasteiger charge is 2.05. The van der Waals surface area contributed by atoms with Crippen LogP contribution in [0.1, 0.15) is 21.5 Å². The molecule has 0 heterocycles. The fraction of sp³-hybridized carbons (Fsp3) is 0.364. The van der Waals surface area contributed by atoms with E-state index in [0.29, 0.717) is 12.1 Å². The van der Waals surface area contributed by atoms with Gasteiger partial charge in [0.1, 0.15) is 0 Å². The summed E-state index contributed by atoms with van der Waals surface area (Å²) in [5, 5.41) is 6.02.